The highest BCUT2D eigenvalue weighted by Gasteiger charge is 2.16. The van der Waals surface area contributed by atoms with Crippen LogP contribution in [-0.2, 0) is 4.79 Å². The number of rotatable bonds is 7. The van der Waals surface area contributed by atoms with Gasteiger partial charge in [0, 0.05) is 11.8 Å². The van der Waals surface area contributed by atoms with Gasteiger partial charge in [-0.1, -0.05) is 6.07 Å². The number of nitrogens with one attached hydrogen (secondary N) is 1. The first-order chi connectivity index (χ1) is 11.8. The van der Waals surface area contributed by atoms with Crippen molar-refractivity contribution >= 4 is 17.3 Å². The minimum atomic E-state index is -2.93. The van der Waals surface area contributed by atoms with E-state index in [1.54, 1.807) is 13.0 Å². The molecule has 0 saturated carbocycles. The molecule has 132 valence electrons. The number of carbonyl (C=O) groups is 1. The number of halogens is 2. The fraction of sp³-hybridized carbons (Fsp3) is 0.188. The van der Waals surface area contributed by atoms with Gasteiger partial charge in [-0.2, -0.15) is 8.78 Å². The van der Waals surface area contributed by atoms with Crippen molar-refractivity contribution in [2.45, 2.75) is 13.5 Å². The highest BCUT2D eigenvalue weighted by molar-refractivity contribution is 5.91. The first-order valence-corrected chi connectivity index (χ1v) is 7.07. The van der Waals surface area contributed by atoms with Gasteiger partial charge in [-0.15, -0.1) is 0 Å². The van der Waals surface area contributed by atoms with Crippen LogP contribution >= 0.6 is 0 Å². The molecule has 0 unspecified atom stereocenters. The molecule has 0 fully saturated rings. The monoisotopic (exact) mass is 352 g/mol. The lowest BCUT2D eigenvalue weighted by molar-refractivity contribution is -0.385. The van der Waals surface area contributed by atoms with Crippen LogP contribution in [0.15, 0.2) is 42.5 Å². The van der Waals surface area contributed by atoms with Gasteiger partial charge in [0.2, 0.25) is 0 Å². The number of hydrogen-bond acceptors (Lipinski definition) is 5. The Kier molecular flexibility index (Phi) is 5.83. The minimum Gasteiger partial charge on any atom is -0.477 e. The molecule has 2 rings (SSSR count). The van der Waals surface area contributed by atoms with Gasteiger partial charge in [0.1, 0.15) is 5.75 Å². The number of nitro groups is 1. The first kappa shape index (κ1) is 18.1. The van der Waals surface area contributed by atoms with Crippen molar-refractivity contribution in [1.29, 1.82) is 0 Å². The summed E-state index contributed by atoms with van der Waals surface area (Å²) in [7, 11) is 0. The number of alkyl halides is 2. The lowest BCUT2D eigenvalue weighted by atomic mass is 10.2. The maximum absolute atomic E-state index is 12.1. The minimum absolute atomic E-state index is 0.0218. The predicted molar refractivity (Wildman–Crippen MR) is 85.0 cm³/mol. The molecular weight excluding hydrogens is 338 g/mol. The summed E-state index contributed by atoms with van der Waals surface area (Å²) in [5.74, 6) is -0.622. The molecule has 7 nitrogen and oxygen atoms in total. The second-order valence-electron chi connectivity index (χ2n) is 4.97. The summed E-state index contributed by atoms with van der Waals surface area (Å²) in [6.07, 6.45) is 0. The van der Waals surface area contributed by atoms with E-state index in [9.17, 15) is 23.7 Å². The third-order valence-corrected chi connectivity index (χ3v) is 3.03. The van der Waals surface area contributed by atoms with Crippen LogP contribution in [-0.4, -0.2) is 24.0 Å². The zero-order valence-corrected chi connectivity index (χ0v) is 13.1. The maximum Gasteiger partial charge on any atom is 0.387 e. The van der Waals surface area contributed by atoms with Crippen LogP contribution in [0.4, 0.5) is 20.2 Å². The molecule has 0 atom stereocenters. The van der Waals surface area contributed by atoms with Gasteiger partial charge in [-0.25, -0.2) is 0 Å². The molecule has 0 aliphatic rings. The van der Waals surface area contributed by atoms with E-state index >= 15 is 0 Å². The van der Waals surface area contributed by atoms with Gasteiger partial charge in [0.15, 0.2) is 12.4 Å². The van der Waals surface area contributed by atoms with E-state index in [-0.39, 0.29) is 17.2 Å². The summed E-state index contributed by atoms with van der Waals surface area (Å²) in [5.41, 5.74) is 0.796. The van der Waals surface area contributed by atoms with Gasteiger partial charge in [-0.05, 0) is 42.8 Å². The Morgan fingerprint density at radius 1 is 1.24 bits per heavy atom. The number of aryl methyl sites for hydroxylation is 1. The Morgan fingerprint density at radius 3 is 2.52 bits per heavy atom. The largest absolute Gasteiger partial charge is 0.477 e. The standard InChI is InChI=1S/C16H14F2N2O5/c1-10-2-7-14(13(8-10)20(22)23)24-9-15(21)19-11-3-5-12(6-4-11)25-16(17)18/h2-8,16H,9H2,1H3,(H,19,21). The molecular formula is C16H14F2N2O5. The highest BCUT2D eigenvalue weighted by Crippen LogP contribution is 2.27. The van der Waals surface area contributed by atoms with Crippen LogP contribution in [0.5, 0.6) is 11.5 Å². The van der Waals surface area contributed by atoms with Crippen LogP contribution in [0.1, 0.15) is 5.56 Å². The van der Waals surface area contributed by atoms with E-state index in [0.717, 1.165) is 0 Å². The quantitative estimate of drug-likeness (QED) is 0.608. The number of benzene rings is 2. The average molecular weight is 352 g/mol. The Labute approximate surface area is 141 Å². The van der Waals surface area contributed by atoms with E-state index in [1.807, 2.05) is 0 Å². The van der Waals surface area contributed by atoms with Crippen molar-refractivity contribution in [3.8, 4) is 11.5 Å². The van der Waals surface area contributed by atoms with Crippen LogP contribution in [0.25, 0.3) is 0 Å². The fourth-order valence-electron chi connectivity index (χ4n) is 1.95. The van der Waals surface area contributed by atoms with Crippen LogP contribution in [0.2, 0.25) is 0 Å². The molecule has 0 spiro atoms. The Hall–Kier alpha value is -3.23. The summed E-state index contributed by atoms with van der Waals surface area (Å²) in [5, 5.41) is 13.5. The maximum atomic E-state index is 12.1. The average Bonchev–Trinajstić information content (AvgIpc) is 2.55. The van der Waals surface area contributed by atoms with Crippen molar-refractivity contribution in [2.75, 3.05) is 11.9 Å². The molecule has 9 heteroatoms. The van der Waals surface area contributed by atoms with Crippen LogP contribution < -0.4 is 14.8 Å². The topological polar surface area (TPSA) is 90.7 Å². The third-order valence-electron chi connectivity index (χ3n) is 3.03. The van der Waals surface area contributed by atoms with E-state index in [0.29, 0.717) is 11.3 Å². The van der Waals surface area contributed by atoms with E-state index < -0.39 is 24.0 Å². The number of nitro benzene ring substituents is 1. The van der Waals surface area contributed by atoms with Crippen molar-refractivity contribution in [3.63, 3.8) is 0 Å². The van der Waals surface area contributed by atoms with Gasteiger partial charge in [-0.3, -0.25) is 14.9 Å². The number of ether oxygens (including phenoxy) is 2. The normalized spacial score (nSPS) is 10.4. The number of carbonyl (C=O) groups excluding carboxylic acids is 1. The second kappa shape index (κ2) is 8.04. The smallest absolute Gasteiger partial charge is 0.387 e. The molecule has 1 amide bonds. The summed E-state index contributed by atoms with van der Waals surface area (Å²) >= 11 is 0. The zero-order valence-electron chi connectivity index (χ0n) is 13.1. The highest BCUT2D eigenvalue weighted by atomic mass is 19.3. The third kappa shape index (κ3) is 5.41. The van der Waals surface area contributed by atoms with Gasteiger partial charge >= 0.3 is 12.3 Å². The molecule has 0 bridgehead atoms. The molecule has 2 aromatic carbocycles. The molecule has 2 aromatic rings. The van der Waals surface area contributed by atoms with Crippen LogP contribution in [0.3, 0.4) is 0 Å². The second-order valence-corrected chi connectivity index (χ2v) is 4.97. The van der Waals surface area contributed by atoms with E-state index in [1.165, 1.54) is 36.4 Å². The van der Waals surface area contributed by atoms with Gasteiger partial charge in [0.25, 0.3) is 5.91 Å². The molecule has 25 heavy (non-hydrogen) atoms. The summed E-state index contributed by atoms with van der Waals surface area (Å²) < 4.78 is 33.5. The van der Waals surface area contributed by atoms with Crippen molar-refractivity contribution < 1.29 is 28.0 Å². The SMILES string of the molecule is Cc1ccc(OCC(=O)Nc2ccc(OC(F)F)cc2)c([N+](=O)[O-])c1. The number of anilines is 1. The number of hydrogen-bond donors (Lipinski definition) is 1. The van der Waals surface area contributed by atoms with Crippen molar-refractivity contribution in [1.82, 2.24) is 0 Å². The molecule has 0 heterocycles. The van der Waals surface area contributed by atoms with Crippen LogP contribution in [0, 0.1) is 17.0 Å². The summed E-state index contributed by atoms with van der Waals surface area (Å²) in [6.45, 7) is -1.68. The Balaban J connectivity index is 1.94. The fourth-order valence-corrected chi connectivity index (χ4v) is 1.95. The molecule has 1 N–H and O–H groups in total. The molecule has 0 radical (unpaired) electrons. The molecule has 0 aromatic heterocycles. The number of amides is 1. The predicted octanol–water partition coefficient (Wildman–Crippen LogP) is 3.52. The van der Waals surface area contributed by atoms with Gasteiger partial charge < -0.3 is 14.8 Å². The molecule has 0 saturated heterocycles. The van der Waals surface area contributed by atoms with Crippen molar-refractivity contribution in [2.24, 2.45) is 0 Å². The zero-order chi connectivity index (χ0) is 18.4. The Morgan fingerprint density at radius 2 is 1.92 bits per heavy atom. The van der Waals surface area contributed by atoms with Crippen molar-refractivity contribution in [3.05, 3.63) is 58.1 Å². The van der Waals surface area contributed by atoms with E-state index in [2.05, 4.69) is 10.1 Å². The number of nitrogens with zero attached hydrogens (tertiary/aromatic N) is 1. The summed E-state index contributed by atoms with van der Waals surface area (Å²) in [4.78, 5) is 22.2. The lowest BCUT2D eigenvalue weighted by Gasteiger charge is -2.09. The summed E-state index contributed by atoms with van der Waals surface area (Å²) in [6, 6.07) is 9.68. The molecule has 0 aliphatic carbocycles. The Bertz CT molecular complexity index is 766. The molecule has 0 aliphatic heterocycles. The van der Waals surface area contributed by atoms with Gasteiger partial charge in [0.05, 0.1) is 4.92 Å². The first-order valence-electron chi connectivity index (χ1n) is 7.07. The lowest BCUT2D eigenvalue weighted by Crippen LogP contribution is -2.20. The van der Waals surface area contributed by atoms with E-state index in [4.69, 9.17) is 4.74 Å².